The number of carboxylic acid groups (broad SMARTS) is 1. The van der Waals surface area contributed by atoms with Gasteiger partial charge in [-0.25, -0.2) is 14.4 Å². The summed E-state index contributed by atoms with van der Waals surface area (Å²) < 4.78 is 10.9. The number of fused-ring (bicyclic) bond motifs is 3. The van der Waals surface area contributed by atoms with Gasteiger partial charge in [-0.1, -0.05) is 48.5 Å². The van der Waals surface area contributed by atoms with Gasteiger partial charge in [0.25, 0.3) is 0 Å². The summed E-state index contributed by atoms with van der Waals surface area (Å²) in [7, 11) is 0. The standard InChI is InChI=1S/C24H26N2O6/c1-24(2,3)32-23(30)26-13-12-25(20(26)21(27)28)22(29)31-14-19-17-10-6-4-8-15(17)16-9-5-7-11-18(16)19/h4-11,19-20H,12-14H2,1-3H3,(H,27,28)/t20-/m0/s1. The molecule has 1 heterocycles. The van der Waals surface area contributed by atoms with Crippen molar-refractivity contribution in [2.45, 2.75) is 38.5 Å². The molecule has 0 radical (unpaired) electrons. The highest BCUT2D eigenvalue weighted by Gasteiger charge is 2.45. The average molecular weight is 438 g/mol. The maximum absolute atomic E-state index is 12.9. The third kappa shape index (κ3) is 4.00. The second-order valence-electron chi connectivity index (χ2n) is 8.88. The Morgan fingerprint density at radius 1 is 0.906 bits per heavy atom. The van der Waals surface area contributed by atoms with Gasteiger partial charge in [0.1, 0.15) is 12.2 Å². The molecule has 1 saturated heterocycles. The molecule has 8 heteroatoms. The zero-order valence-corrected chi connectivity index (χ0v) is 18.3. The molecular weight excluding hydrogens is 412 g/mol. The number of ether oxygens (including phenoxy) is 2. The molecule has 0 unspecified atom stereocenters. The fourth-order valence-corrected chi connectivity index (χ4v) is 4.27. The molecule has 1 atom stereocenters. The van der Waals surface area contributed by atoms with Crippen molar-refractivity contribution in [3.63, 3.8) is 0 Å². The quantitative estimate of drug-likeness (QED) is 0.781. The van der Waals surface area contributed by atoms with Gasteiger partial charge < -0.3 is 14.6 Å². The fraction of sp³-hybridized carbons (Fsp3) is 0.375. The molecular formula is C24H26N2O6. The Kier molecular flexibility index (Phi) is 5.54. The molecule has 2 amide bonds. The van der Waals surface area contributed by atoms with Crippen LogP contribution in [0.5, 0.6) is 0 Å². The van der Waals surface area contributed by atoms with Gasteiger partial charge in [-0.2, -0.15) is 0 Å². The molecule has 1 fully saturated rings. The molecule has 1 N–H and O–H groups in total. The van der Waals surface area contributed by atoms with Crippen LogP contribution in [0.15, 0.2) is 48.5 Å². The monoisotopic (exact) mass is 438 g/mol. The fourth-order valence-electron chi connectivity index (χ4n) is 4.27. The summed E-state index contributed by atoms with van der Waals surface area (Å²) in [5, 5.41) is 9.69. The molecule has 2 aromatic carbocycles. The van der Waals surface area contributed by atoms with Gasteiger partial charge in [-0.05, 0) is 43.0 Å². The SMILES string of the molecule is CC(C)(C)OC(=O)N1CCN(C(=O)OCC2c3ccccc3-c3ccccc32)[C@@H]1C(=O)O. The minimum atomic E-state index is -1.47. The van der Waals surface area contributed by atoms with Gasteiger partial charge in [0.15, 0.2) is 0 Å². The van der Waals surface area contributed by atoms with E-state index < -0.39 is 29.9 Å². The van der Waals surface area contributed by atoms with Crippen LogP contribution in [0, 0.1) is 0 Å². The first-order valence-corrected chi connectivity index (χ1v) is 10.5. The minimum absolute atomic E-state index is 0.0485. The predicted octanol–water partition coefficient (Wildman–Crippen LogP) is 3.90. The summed E-state index contributed by atoms with van der Waals surface area (Å²) in [6.45, 7) is 5.26. The van der Waals surface area contributed by atoms with E-state index in [0.29, 0.717) is 0 Å². The Balaban J connectivity index is 1.49. The molecule has 0 bridgehead atoms. The number of hydrogen-bond donors (Lipinski definition) is 1. The molecule has 168 valence electrons. The van der Waals surface area contributed by atoms with E-state index in [-0.39, 0.29) is 25.6 Å². The van der Waals surface area contributed by atoms with E-state index in [4.69, 9.17) is 9.47 Å². The summed E-state index contributed by atoms with van der Waals surface area (Å²) in [5.74, 6) is -1.46. The van der Waals surface area contributed by atoms with Crippen molar-refractivity contribution in [2.24, 2.45) is 0 Å². The largest absolute Gasteiger partial charge is 0.478 e. The van der Waals surface area contributed by atoms with E-state index in [1.165, 1.54) is 0 Å². The second kappa shape index (κ2) is 8.18. The lowest BCUT2D eigenvalue weighted by Gasteiger charge is -2.29. The Hall–Kier alpha value is -3.55. The van der Waals surface area contributed by atoms with E-state index in [9.17, 15) is 19.5 Å². The lowest BCUT2D eigenvalue weighted by atomic mass is 9.98. The van der Waals surface area contributed by atoms with Crippen molar-refractivity contribution in [1.82, 2.24) is 9.80 Å². The van der Waals surface area contributed by atoms with Gasteiger partial charge in [-0.3, -0.25) is 9.80 Å². The maximum Gasteiger partial charge on any atom is 0.412 e. The van der Waals surface area contributed by atoms with Crippen LogP contribution in [0.4, 0.5) is 9.59 Å². The second-order valence-corrected chi connectivity index (χ2v) is 8.88. The number of carbonyl (C=O) groups is 3. The van der Waals surface area contributed by atoms with Crippen LogP contribution in [0.3, 0.4) is 0 Å². The van der Waals surface area contributed by atoms with Crippen molar-refractivity contribution in [2.75, 3.05) is 19.7 Å². The first-order valence-electron chi connectivity index (χ1n) is 10.5. The Morgan fingerprint density at radius 2 is 1.41 bits per heavy atom. The van der Waals surface area contributed by atoms with Gasteiger partial charge >= 0.3 is 18.2 Å². The number of hydrogen-bond acceptors (Lipinski definition) is 5. The maximum atomic E-state index is 12.9. The van der Waals surface area contributed by atoms with Crippen LogP contribution >= 0.6 is 0 Å². The Bertz CT molecular complexity index is 1010. The number of benzene rings is 2. The molecule has 8 nitrogen and oxygen atoms in total. The summed E-state index contributed by atoms with van der Waals surface area (Å²) in [6, 6.07) is 15.9. The average Bonchev–Trinajstić information content (AvgIpc) is 3.31. The molecule has 0 aromatic heterocycles. The number of amides is 2. The molecule has 0 saturated carbocycles. The van der Waals surface area contributed by atoms with Gasteiger partial charge in [-0.15, -0.1) is 0 Å². The van der Waals surface area contributed by atoms with E-state index in [2.05, 4.69) is 0 Å². The number of carboxylic acids is 1. The van der Waals surface area contributed by atoms with Crippen molar-refractivity contribution < 1.29 is 29.0 Å². The first kappa shape index (κ1) is 21.7. The summed E-state index contributed by atoms with van der Waals surface area (Å²) >= 11 is 0. The minimum Gasteiger partial charge on any atom is -0.478 e. The zero-order valence-electron chi connectivity index (χ0n) is 18.3. The van der Waals surface area contributed by atoms with Gasteiger partial charge in [0.2, 0.25) is 6.17 Å². The highest BCUT2D eigenvalue weighted by molar-refractivity contribution is 5.85. The summed E-state index contributed by atoms with van der Waals surface area (Å²) in [6.07, 6.45) is -3.02. The highest BCUT2D eigenvalue weighted by Crippen LogP contribution is 2.44. The smallest absolute Gasteiger partial charge is 0.412 e. The molecule has 2 aliphatic rings. The van der Waals surface area contributed by atoms with E-state index >= 15 is 0 Å². The lowest BCUT2D eigenvalue weighted by Crippen LogP contribution is -2.50. The van der Waals surface area contributed by atoms with Crippen molar-refractivity contribution >= 4 is 18.2 Å². The van der Waals surface area contributed by atoms with Crippen LogP contribution in [-0.2, 0) is 14.3 Å². The van der Waals surface area contributed by atoms with Crippen LogP contribution in [0.2, 0.25) is 0 Å². The molecule has 0 spiro atoms. The van der Waals surface area contributed by atoms with Crippen LogP contribution in [0.1, 0.15) is 37.8 Å². The van der Waals surface area contributed by atoms with E-state index in [1.54, 1.807) is 20.8 Å². The number of aliphatic carboxylic acids is 1. The van der Waals surface area contributed by atoms with Crippen molar-refractivity contribution in [3.8, 4) is 11.1 Å². The molecule has 2 aromatic rings. The summed E-state index contributed by atoms with van der Waals surface area (Å²) in [4.78, 5) is 39.3. The van der Waals surface area contributed by atoms with Crippen LogP contribution in [0.25, 0.3) is 11.1 Å². The summed E-state index contributed by atoms with van der Waals surface area (Å²) in [5.41, 5.74) is 3.55. The normalized spacial score (nSPS) is 17.7. The third-order valence-electron chi connectivity index (χ3n) is 5.59. The van der Waals surface area contributed by atoms with Gasteiger partial charge in [0.05, 0.1) is 0 Å². The van der Waals surface area contributed by atoms with E-state index in [0.717, 1.165) is 32.1 Å². The highest BCUT2D eigenvalue weighted by atomic mass is 16.6. The van der Waals surface area contributed by atoms with Crippen molar-refractivity contribution in [3.05, 3.63) is 59.7 Å². The topological polar surface area (TPSA) is 96.4 Å². The third-order valence-corrected chi connectivity index (χ3v) is 5.59. The van der Waals surface area contributed by atoms with Crippen molar-refractivity contribution in [1.29, 1.82) is 0 Å². The molecule has 32 heavy (non-hydrogen) atoms. The predicted molar refractivity (Wildman–Crippen MR) is 116 cm³/mol. The number of rotatable bonds is 3. The molecule has 4 rings (SSSR count). The Morgan fingerprint density at radius 3 is 1.91 bits per heavy atom. The van der Waals surface area contributed by atoms with Gasteiger partial charge in [0, 0.05) is 19.0 Å². The Labute approximate surface area is 186 Å². The lowest BCUT2D eigenvalue weighted by molar-refractivity contribution is -0.146. The van der Waals surface area contributed by atoms with Crippen LogP contribution in [-0.4, -0.2) is 64.5 Å². The van der Waals surface area contributed by atoms with Crippen LogP contribution < -0.4 is 0 Å². The number of nitrogens with zero attached hydrogens (tertiary/aromatic N) is 2. The number of carbonyl (C=O) groups excluding carboxylic acids is 2. The molecule has 1 aliphatic heterocycles. The van der Waals surface area contributed by atoms with E-state index in [1.807, 2.05) is 48.5 Å². The zero-order chi connectivity index (χ0) is 23.0. The molecule has 1 aliphatic carbocycles. The first-order chi connectivity index (χ1) is 15.2.